The van der Waals surface area contributed by atoms with Gasteiger partial charge in [-0.1, -0.05) is 6.07 Å². The third kappa shape index (κ3) is 2.93. The van der Waals surface area contributed by atoms with Crippen molar-refractivity contribution in [3.8, 4) is 0 Å². The smallest absolute Gasteiger partial charge is 0.0534 e. The number of rotatable bonds is 3. The Bertz CT molecular complexity index is 569. The summed E-state index contributed by atoms with van der Waals surface area (Å²) < 4.78 is 1.86. The highest BCUT2D eigenvalue weighted by Gasteiger charge is 2.17. The van der Waals surface area contributed by atoms with Crippen molar-refractivity contribution in [2.75, 3.05) is 36.8 Å². The largest absolute Gasteiger partial charge is 0.399 e. The van der Waals surface area contributed by atoms with Gasteiger partial charge in [-0.05, 0) is 18.2 Å². The van der Waals surface area contributed by atoms with Crippen LogP contribution in [0.3, 0.4) is 0 Å². The highest BCUT2D eigenvalue weighted by Crippen LogP contribution is 2.19. The van der Waals surface area contributed by atoms with E-state index in [9.17, 15) is 0 Å². The number of piperazine rings is 1. The first-order valence-electron chi connectivity index (χ1n) is 7.01. The van der Waals surface area contributed by atoms with E-state index in [-0.39, 0.29) is 0 Å². The van der Waals surface area contributed by atoms with Gasteiger partial charge in [0, 0.05) is 62.9 Å². The van der Waals surface area contributed by atoms with E-state index in [1.165, 1.54) is 11.3 Å². The Balaban J connectivity index is 1.57. The summed E-state index contributed by atoms with van der Waals surface area (Å²) in [6.45, 7) is 5.22. The third-order valence-electron chi connectivity index (χ3n) is 3.77. The second-order valence-electron chi connectivity index (χ2n) is 5.38. The Morgan fingerprint density at radius 2 is 2.00 bits per heavy atom. The van der Waals surface area contributed by atoms with Crippen LogP contribution in [0.4, 0.5) is 11.4 Å². The highest BCUT2D eigenvalue weighted by atomic mass is 15.3. The van der Waals surface area contributed by atoms with Crippen molar-refractivity contribution in [2.24, 2.45) is 7.05 Å². The first-order chi connectivity index (χ1) is 9.70. The van der Waals surface area contributed by atoms with Crippen LogP contribution in [0.2, 0.25) is 0 Å². The molecule has 20 heavy (non-hydrogen) atoms. The fraction of sp³-hybridized carbons (Fsp3) is 0.400. The van der Waals surface area contributed by atoms with Crippen LogP contribution in [0.15, 0.2) is 36.7 Å². The summed E-state index contributed by atoms with van der Waals surface area (Å²) in [4.78, 5) is 4.87. The first-order valence-corrected chi connectivity index (χ1v) is 7.01. The second kappa shape index (κ2) is 5.54. The van der Waals surface area contributed by atoms with E-state index in [1.807, 2.05) is 30.1 Å². The summed E-state index contributed by atoms with van der Waals surface area (Å²) >= 11 is 0. The molecule has 0 spiro atoms. The van der Waals surface area contributed by atoms with E-state index in [2.05, 4.69) is 33.2 Å². The zero-order valence-electron chi connectivity index (χ0n) is 11.9. The number of nitrogens with zero attached hydrogens (tertiary/aromatic N) is 4. The fourth-order valence-electron chi connectivity index (χ4n) is 2.70. The maximum absolute atomic E-state index is 5.85. The molecule has 1 saturated heterocycles. The number of hydrogen-bond donors (Lipinski definition) is 1. The maximum atomic E-state index is 5.85. The summed E-state index contributed by atoms with van der Waals surface area (Å²) in [6, 6.07) is 8.14. The first kappa shape index (κ1) is 13.0. The normalized spacial score (nSPS) is 16.6. The quantitative estimate of drug-likeness (QED) is 0.856. The summed E-state index contributed by atoms with van der Waals surface area (Å²) in [5.41, 5.74) is 9.19. The molecule has 5 heteroatoms. The van der Waals surface area contributed by atoms with Crippen LogP contribution in [0.25, 0.3) is 0 Å². The Hall–Kier alpha value is -2.01. The molecule has 2 aromatic rings. The molecule has 2 N–H and O–H groups in total. The standard InChI is InChI=1S/C15H21N5/c1-18-11-13(10-17-18)12-19-5-7-20(8-6-19)15-4-2-3-14(16)9-15/h2-4,9-11H,5-8,12,16H2,1H3. The van der Waals surface area contributed by atoms with Crippen molar-refractivity contribution in [2.45, 2.75) is 6.54 Å². The number of aromatic nitrogens is 2. The van der Waals surface area contributed by atoms with Gasteiger partial charge in [0.1, 0.15) is 0 Å². The molecule has 1 aliphatic rings. The van der Waals surface area contributed by atoms with Crippen LogP contribution in [0.1, 0.15) is 5.56 Å². The summed E-state index contributed by atoms with van der Waals surface area (Å²) in [5, 5.41) is 4.22. The molecule has 0 aliphatic carbocycles. The van der Waals surface area contributed by atoms with Crippen molar-refractivity contribution in [1.82, 2.24) is 14.7 Å². The van der Waals surface area contributed by atoms with Crippen LogP contribution in [-0.4, -0.2) is 40.9 Å². The number of nitrogen functional groups attached to an aromatic ring is 1. The maximum Gasteiger partial charge on any atom is 0.0534 e. The minimum absolute atomic E-state index is 0.834. The molecule has 5 nitrogen and oxygen atoms in total. The minimum Gasteiger partial charge on any atom is -0.399 e. The van der Waals surface area contributed by atoms with E-state index in [4.69, 9.17) is 5.73 Å². The molecule has 0 atom stereocenters. The van der Waals surface area contributed by atoms with Gasteiger partial charge in [0.15, 0.2) is 0 Å². The molecule has 0 radical (unpaired) electrons. The van der Waals surface area contributed by atoms with E-state index in [0.29, 0.717) is 0 Å². The predicted molar refractivity (Wildman–Crippen MR) is 81.6 cm³/mol. The van der Waals surface area contributed by atoms with E-state index < -0.39 is 0 Å². The molecule has 0 amide bonds. The zero-order valence-corrected chi connectivity index (χ0v) is 11.9. The van der Waals surface area contributed by atoms with Gasteiger partial charge in [-0.25, -0.2) is 0 Å². The lowest BCUT2D eigenvalue weighted by Gasteiger charge is -2.36. The van der Waals surface area contributed by atoms with Crippen LogP contribution < -0.4 is 10.6 Å². The molecule has 0 unspecified atom stereocenters. The molecule has 3 rings (SSSR count). The summed E-state index contributed by atoms with van der Waals surface area (Å²) in [6.07, 6.45) is 4.04. The lowest BCUT2D eigenvalue weighted by Crippen LogP contribution is -2.45. The van der Waals surface area contributed by atoms with Crippen molar-refractivity contribution >= 4 is 11.4 Å². The van der Waals surface area contributed by atoms with Gasteiger partial charge in [0.05, 0.1) is 6.20 Å². The van der Waals surface area contributed by atoms with E-state index >= 15 is 0 Å². The van der Waals surface area contributed by atoms with E-state index in [0.717, 1.165) is 38.4 Å². The van der Waals surface area contributed by atoms with Crippen molar-refractivity contribution in [1.29, 1.82) is 0 Å². The van der Waals surface area contributed by atoms with Gasteiger partial charge in [-0.2, -0.15) is 5.10 Å². The van der Waals surface area contributed by atoms with Gasteiger partial charge in [0.25, 0.3) is 0 Å². The van der Waals surface area contributed by atoms with Crippen LogP contribution >= 0.6 is 0 Å². The lowest BCUT2D eigenvalue weighted by atomic mass is 10.2. The Morgan fingerprint density at radius 3 is 2.65 bits per heavy atom. The monoisotopic (exact) mass is 271 g/mol. The summed E-state index contributed by atoms with van der Waals surface area (Å²) in [7, 11) is 1.96. The number of nitrogens with two attached hydrogens (primary N) is 1. The molecule has 1 aromatic carbocycles. The van der Waals surface area contributed by atoms with Crippen molar-refractivity contribution in [3.63, 3.8) is 0 Å². The molecule has 106 valence electrons. The van der Waals surface area contributed by atoms with Crippen LogP contribution in [-0.2, 0) is 13.6 Å². The molecule has 1 aromatic heterocycles. The second-order valence-corrected chi connectivity index (χ2v) is 5.38. The summed E-state index contributed by atoms with van der Waals surface area (Å²) in [5.74, 6) is 0. The molecular formula is C15H21N5. The SMILES string of the molecule is Cn1cc(CN2CCN(c3cccc(N)c3)CC2)cn1. The van der Waals surface area contributed by atoms with Crippen molar-refractivity contribution in [3.05, 3.63) is 42.2 Å². The third-order valence-corrected chi connectivity index (χ3v) is 3.77. The Kier molecular flexibility index (Phi) is 3.60. The van der Waals surface area contributed by atoms with Crippen LogP contribution in [0.5, 0.6) is 0 Å². The Morgan fingerprint density at radius 1 is 1.20 bits per heavy atom. The predicted octanol–water partition coefficient (Wildman–Crippen LogP) is 1.32. The lowest BCUT2D eigenvalue weighted by molar-refractivity contribution is 0.250. The number of aryl methyl sites for hydroxylation is 1. The molecular weight excluding hydrogens is 250 g/mol. The Labute approximate surface area is 119 Å². The van der Waals surface area contributed by atoms with Gasteiger partial charge < -0.3 is 10.6 Å². The molecule has 0 bridgehead atoms. The fourth-order valence-corrected chi connectivity index (χ4v) is 2.70. The molecule has 0 saturated carbocycles. The number of benzene rings is 1. The van der Waals surface area contributed by atoms with Gasteiger partial charge >= 0.3 is 0 Å². The number of anilines is 2. The average molecular weight is 271 g/mol. The molecule has 2 heterocycles. The van der Waals surface area contributed by atoms with Crippen molar-refractivity contribution < 1.29 is 0 Å². The zero-order chi connectivity index (χ0) is 13.9. The molecule has 1 fully saturated rings. The topological polar surface area (TPSA) is 50.3 Å². The van der Waals surface area contributed by atoms with Gasteiger partial charge in [0.2, 0.25) is 0 Å². The van der Waals surface area contributed by atoms with E-state index in [1.54, 1.807) is 0 Å². The molecule has 1 aliphatic heterocycles. The van der Waals surface area contributed by atoms with Crippen LogP contribution in [0, 0.1) is 0 Å². The van der Waals surface area contributed by atoms with Gasteiger partial charge in [-0.15, -0.1) is 0 Å². The average Bonchev–Trinajstić information content (AvgIpc) is 2.85. The van der Waals surface area contributed by atoms with Gasteiger partial charge in [-0.3, -0.25) is 9.58 Å². The number of hydrogen-bond acceptors (Lipinski definition) is 4. The minimum atomic E-state index is 0.834. The highest BCUT2D eigenvalue weighted by molar-refractivity contribution is 5.56.